The smallest absolute Gasteiger partial charge is 0.315 e. The highest BCUT2D eigenvalue weighted by atomic mass is 16.5. The topological polar surface area (TPSA) is 54.0 Å². The monoisotopic (exact) mass is 440 g/mol. The first-order chi connectivity index (χ1) is 16.1. The van der Waals surface area contributed by atoms with Crippen molar-refractivity contribution < 1.29 is 23.7 Å². The normalized spacial score (nSPS) is 10.5. The van der Waals surface area contributed by atoms with Crippen LogP contribution in [0.15, 0.2) is 91.5 Å². The largest absolute Gasteiger partial charge is 0.497 e. The van der Waals surface area contributed by atoms with Crippen molar-refractivity contribution in [2.45, 2.75) is 6.42 Å². The first kappa shape index (κ1) is 22.0. The van der Waals surface area contributed by atoms with Crippen molar-refractivity contribution in [1.82, 2.24) is 0 Å². The summed E-state index contributed by atoms with van der Waals surface area (Å²) in [5, 5.41) is 1.95. The minimum Gasteiger partial charge on any atom is -0.497 e. The molecule has 33 heavy (non-hydrogen) atoms. The lowest BCUT2D eigenvalue weighted by molar-refractivity contribution is -0.133. The van der Waals surface area contributed by atoms with Crippen LogP contribution in [0.5, 0.6) is 28.7 Å². The Bertz CT molecular complexity index is 1270. The molecular weight excluding hydrogens is 416 g/mol. The van der Waals surface area contributed by atoms with Gasteiger partial charge in [0.25, 0.3) is 0 Å². The van der Waals surface area contributed by atoms with Gasteiger partial charge >= 0.3 is 5.97 Å². The van der Waals surface area contributed by atoms with Crippen LogP contribution in [0.4, 0.5) is 0 Å². The zero-order chi connectivity index (χ0) is 23.2. The minimum atomic E-state index is -0.358. The van der Waals surface area contributed by atoms with Gasteiger partial charge < -0.3 is 18.9 Å². The van der Waals surface area contributed by atoms with Gasteiger partial charge in [-0.3, -0.25) is 4.79 Å². The third-order valence-electron chi connectivity index (χ3n) is 5.16. The van der Waals surface area contributed by atoms with Gasteiger partial charge in [0.1, 0.15) is 28.7 Å². The Morgan fingerprint density at radius 1 is 0.788 bits per heavy atom. The van der Waals surface area contributed by atoms with E-state index in [2.05, 4.69) is 6.58 Å². The summed E-state index contributed by atoms with van der Waals surface area (Å²) in [7, 11) is 3.29. The van der Waals surface area contributed by atoms with Crippen LogP contribution in [0.2, 0.25) is 0 Å². The van der Waals surface area contributed by atoms with Crippen molar-refractivity contribution in [2.24, 2.45) is 0 Å². The maximum atomic E-state index is 11.7. The highest BCUT2D eigenvalue weighted by Crippen LogP contribution is 2.41. The van der Waals surface area contributed by atoms with Gasteiger partial charge in [0, 0.05) is 10.9 Å². The lowest BCUT2D eigenvalue weighted by Gasteiger charge is -2.16. The molecule has 0 saturated carbocycles. The van der Waals surface area contributed by atoms with Gasteiger partial charge in [-0.1, -0.05) is 24.3 Å². The van der Waals surface area contributed by atoms with Gasteiger partial charge in [-0.05, 0) is 71.6 Å². The number of carbonyl (C=O) groups is 1. The zero-order valence-electron chi connectivity index (χ0n) is 18.5. The Hall–Kier alpha value is -4.25. The van der Waals surface area contributed by atoms with Crippen LogP contribution in [0.25, 0.3) is 21.9 Å². The summed E-state index contributed by atoms with van der Waals surface area (Å²) in [4.78, 5) is 11.7. The zero-order valence-corrected chi connectivity index (χ0v) is 18.5. The second-order valence-corrected chi connectivity index (χ2v) is 7.30. The second kappa shape index (κ2) is 9.92. The lowest BCUT2D eigenvalue weighted by atomic mass is 9.99. The molecule has 5 nitrogen and oxygen atoms in total. The van der Waals surface area contributed by atoms with E-state index in [0.29, 0.717) is 11.5 Å². The highest BCUT2D eigenvalue weighted by molar-refractivity contribution is 5.96. The fourth-order valence-corrected chi connectivity index (χ4v) is 3.50. The lowest BCUT2D eigenvalue weighted by Crippen LogP contribution is -2.05. The third kappa shape index (κ3) is 4.99. The Labute approximate surface area is 192 Å². The number of hydrogen-bond donors (Lipinski definition) is 0. The van der Waals surface area contributed by atoms with E-state index >= 15 is 0 Å². The molecule has 4 rings (SSSR count). The summed E-state index contributed by atoms with van der Waals surface area (Å²) < 4.78 is 22.3. The molecular formula is C28H24O5. The molecule has 0 heterocycles. The van der Waals surface area contributed by atoms with Crippen LogP contribution >= 0.6 is 0 Å². The van der Waals surface area contributed by atoms with E-state index in [1.807, 2.05) is 54.6 Å². The first-order valence-electron chi connectivity index (χ1n) is 10.5. The van der Waals surface area contributed by atoms with E-state index in [-0.39, 0.29) is 12.4 Å². The SMILES string of the molecule is C=CCC(=O)Oc1ccc(Oc2c(-c3ccc(OC)cc3)ccc3cc(OC)ccc23)cc1. The molecule has 0 N–H and O–H groups in total. The fourth-order valence-electron chi connectivity index (χ4n) is 3.50. The Balaban J connectivity index is 1.73. The molecule has 166 valence electrons. The second-order valence-electron chi connectivity index (χ2n) is 7.30. The van der Waals surface area contributed by atoms with E-state index in [0.717, 1.165) is 39.1 Å². The molecule has 0 unspecified atom stereocenters. The fraction of sp³-hybridized carbons (Fsp3) is 0.107. The highest BCUT2D eigenvalue weighted by Gasteiger charge is 2.14. The summed E-state index contributed by atoms with van der Waals surface area (Å²) in [6.45, 7) is 3.55. The number of benzene rings is 4. The molecule has 5 heteroatoms. The Morgan fingerprint density at radius 3 is 2.09 bits per heavy atom. The summed E-state index contributed by atoms with van der Waals surface area (Å²) in [6.07, 6.45) is 1.67. The summed E-state index contributed by atoms with van der Waals surface area (Å²) >= 11 is 0. The molecule has 0 radical (unpaired) electrons. The maximum Gasteiger partial charge on any atom is 0.315 e. The van der Waals surface area contributed by atoms with Gasteiger partial charge in [0.15, 0.2) is 0 Å². The van der Waals surface area contributed by atoms with Crippen LogP contribution in [-0.4, -0.2) is 20.2 Å². The molecule has 0 spiro atoms. The molecule has 0 aliphatic carbocycles. The molecule has 0 aliphatic rings. The molecule has 0 fully saturated rings. The number of hydrogen-bond acceptors (Lipinski definition) is 5. The Morgan fingerprint density at radius 2 is 1.42 bits per heavy atom. The van der Waals surface area contributed by atoms with Gasteiger partial charge in [-0.25, -0.2) is 0 Å². The van der Waals surface area contributed by atoms with Crippen LogP contribution < -0.4 is 18.9 Å². The molecule has 0 aromatic heterocycles. The van der Waals surface area contributed by atoms with Crippen LogP contribution in [0, 0.1) is 0 Å². The third-order valence-corrected chi connectivity index (χ3v) is 5.16. The maximum absolute atomic E-state index is 11.7. The van der Waals surface area contributed by atoms with Crippen molar-refractivity contribution in [3.05, 3.63) is 91.5 Å². The Kier molecular flexibility index (Phi) is 6.60. The van der Waals surface area contributed by atoms with Crippen molar-refractivity contribution in [3.63, 3.8) is 0 Å². The summed E-state index contributed by atoms with van der Waals surface area (Å²) in [5.74, 6) is 2.99. The summed E-state index contributed by atoms with van der Waals surface area (Å²) in [5.41, 5.74) is 1.94. The molecule has 0 bridgehead atoms. The van der Waals surface area contributed by atoms with Crippen molar-refractivity contribution >= 4 is 16.7 Å². The quantitative estimate of drug-likeness (QED) is 0.171. The average Bonchev–Trinajstić information content (AvgIpc) is 2.85. The first-order valence-corrected chi connectivity index (χ1v) is 10.5. The van der Waals surface area contributed by atoms with Crippen molar-refractivity contribution in [3.8, 4) is 39.9 Å². The van der Waals surface area contributed by atoms with Gasteiger partial charge in [0.05, 0.1) is 20.6 Å². The number of fused-ring (bicyclic) bond motifs is 1. The molecule has 0 atom stereocenters. The number of ether oxygens (including phenoxy) is 4. The van der Waals surface area contributed by atoms with E-state index in [4.69, 9.17) is 18.9 Å². The van der Waals surface area contributed by atoms with E-state index in [1.54, 1.807) is 38.5 Å². The molecule has 0 amide bonds. The van der Waals surface area contributed by atoms with Crippen LogP contribution in [-0.2, 0) is 4.79 Å². The standard InChI is InChI=1S/C28H24O5/c1-4-5-27(29)32-22-11-13-23(14-12-22)33-28-25(19-6-9-21(30-2)10-7-19)16-8-20-18-24(31-3)15-17-26(20)28/h4,6-18H,1,5H2,2-3H3. The predicted molar refractivity (Wildman–Crippen MR) is 129 cm³/mol. The molecule has 0 aliphatic heterocycles. The minimum absolute atomic E-state index is 0.156. The molecule has 4 aromatic rings. The number of carbonyl (C=O) groups excluding carboxylic acids is 1. The number of esters is 1. The average molecular weight is 440 g/mol. The molecule has 4 aromatic carbocycles. The van der Waals surface area contributed by atoms with Gasteiger partial charge in [-0.15, -0.1) is 6.58 Å². The summed E-state index contributed by atoms with van der Waals surface area (Å²) in [6, 6.07) is 24.8. The van der Waals surface area contributed by atoms with E-state index in [9.17, 15) is 4.79 Å². The van der Waals surface area contributed by atoms with Crippen molar-refractivity contribution in [1.29, 1.82) is 0 Å². The number of methoxy groups -OCH3 is 2. The van der Waals surface area contributed by atoms with Gasteiger partial charge in [-0.2, -0.15) is 0 Å². The van der Waals surface area contributed by atoms with Gasteiger partial charge in [0.2, 0.25) is 0 Å². The van der Waals surface area contributed by atoms with Crippen LogP contribution in [0.1, 0.15) is 6.42 Å². The van der Waals surface area contributed by atoms with E-state index in [1.165, 1.54) is 6.08 Å². The molecule has 0 saturated heterocycles. The van der Waals surface area contributed by atoms with E-state index < -0.39 is 0 Å². The van der Waals surface area contributed by atoms with Crippen LogP contribution in [0.3, 0.4) is 0 Å². The van der Waals surface area contributed by atoms with Crippen molar-refractivity contribution in [2.75, 3.05) is 14.2 Å². The number of rotatable bonds is 8. The predicted octanol–water partition coefficient (Wildman–Crippen LogP) is 6.80.